The highest BCUT2D eigenvalue weighted by atomic mass is 28.2. The predicted octanol–water partition coefficient (Wildman–Crippen LogP) is 1.83. The number of hydrogen-bond donors (Lipinski definition) is 0. The van der Waals surface area contributed by atoms with Crippen LogP contribution in [0, 0.1) is 5.92 Å². The zero-order valence-electron chi connectivity index (χ0n) is 6.68. The van der Waals surface area contributed by atoms with Gasteiger partial charge in [0.2, 0.25) is 0 Å². The van der Waals surface area contributed by atoms with Crippen LogP contribution in [0.3, 0.4) is 0 Å². The van der Waals surface area contributed by atoms with Gasteiger partial charge >= 0.3 is 0 Å². The number of hydrogen-bond acceptors (Lipinski definition) is 1. The lowest BCUT2D eigenvalue weighted by Crippen LogP contribution is -2.17. The van der Waals surface area contributed by atoms with E-state index in [1.165, 1.54) is 11.3 Å². The van der Waals surface area contributed by atoms with Gasteiger partial charge in [0.25, 0.3) is 0 Å². The van der Waals surface area contributed by atoms with Crippen molar-refractivity contribution in [2.24, 2.45) is 5.92 Å². The Morgan fingerprint density at radius 3 is 2.60 bits per heavy atom. The molecule has 1 atom stereocenters. The Labute approximate surface area is 65.9 Å². The van der Waals surface area contributed by atoms with Gasteiger partial charge in [0.05, 0.1) is 0 Å². The number of allylic oxidation sites excluding steroid dienone is 3. The fraction of sp³-hybridized carbons (Fsp3) is 0.500. The Bertz CT molecular complexity index is 173. The van der Waals surface area contributed by atoms with Gasteiger partial charge < -0.3 is 4.57 Å². The van der Waals surface area contributed by atoms with Crippen molar-refractivity contribution in [1.29, 1.82) is 0 Å². The van der Waals surface area contributed by atoms with E-state index in [0.717, 1.165) is 0 Å². The average molecular weight is 150 g/mol. The van der Waals surface area contributed by atoms with Crippen molar-refractivity contribution in [3.63, 3.8) is 0 Å². The van der Waals surface area contributed by atoms with Crippen LogP contribution in [-0.2, 0) is 0 Å². The van der Waals surface area contributed by atoms with Crippen LogP contribution < -0.4 is 0 Å². The maximum absolute atomic E-state index is 3.46. The Hall–Kier alpha value is -0.503. The third-order valence-electron chi connectivity index (χ3n) is 2.14. The molecule has 0 spiro atoms. The zero-order chi connectivity index (χ0) is 7.72. The molecule has 1 aliphatic heterocycles. The van der Waals surface area contributed by atoms with Crippen molar-refractivity contribution in [1.82, 2.24) is 4.57 Å². The molecule has 0 bridgehead atoms. The molecule has 3 radical (unpaired) electrons. The van der Waals surface area contributed by atoms with E-state index in [4.69, 9.17) is 0 Å². The smallest absolute Gasteiger partial charge is 0.194 e. The first-order valence-corrected chi connectivity index (χ1v) is 3.94. The van der Waals surface area contributed by atoms with Crippen LogP contribution in [-0.4, -0.2) is 15.0 Å². The topological polar surface area (TPSA) is 3.24 Å². The summed E-state index contributed by atoms with van der Waals surface area (Å²) < 4.78 is 1.97. The van der Waals surface area contributed by atoms with Crippen molar-refractivity contribution >= 4 is 10.4 Å². The molecular weight excluding hydrogens is 138 g/mol. The molecule has 0 aliphatic carbocycles. The minimum atomic E-state index is 0.590. The molecule has 0 fully saturated rings. The summed E-state index contributed by atoms with van der Waals surface area (Å²) in [6, 6.07) is 0. The summed E-state index contributed by atoms with van der Waals surface area (Å²) in [5, 5.41) is 0. The molecule has 0 saturated heterocycles. The highest BCUT2D eigenvalue weighted by Crippen LogP contribution is 2.22. The van der Waals surface area contributed by atoms with Gasteiger partial charge in [-0.1, -0.05) is 13.0 Å². The highest BCUT2D eigenvalue weighted by Gasteiger charge is 2.10. The lowest BCUT2D eigenvalue weighted by atomic mass is 9.99. The molecule has 1 unspecified atom stereocenters. The second kappa shape index (κ2) is 2.62. The molecule has 0 N–H and O–H groups in total. The highest BCUT2D eigenvalue weighted by molar-refractivity contribution is 6.06. The first kappa shape index (κ1) is 7.60. The predicted molar refractivity (Wildman–Crippen MR) is 44.3 cm³/mol. The molecule has 1 rings (SSSR count). The second-order valence-corrected chi connectivity index (χ2v) is 3.25. The molecule has 0 saturated carbocycles. The van der Waals surface area contributed by atoms with Gasteiger partial charge in [-0.15, -0.1) is 0 Å². The molecule has 2 heteroatoms. The van der Waals surface area contributed by atoms with Crippen LogP contribution in [0.25, 0.3) is 0 Å². The van der Waals surface area contributed by atoms with Crippen LogP contribution in [0.4, 0.5) is 0 Å². The van der Waals surface area contributed by atoms with E-state index in [0.29, 0.717) is 5.92 Å². The quantitative estimate of drug-likeness (QED) is 0.476. The SMILES string of the molecule is CC1=C(C)N([Si])C=CC1C. The zero-order valence-corrected chi connectivity index (χ0v) is 7.68. The molecule has 0 amide bonds. The van der Waals surface area contributed by atoms with Gasteiger partial charge in [-0.05, 0) is 31.5 Å². The largest absolute Gasteiger partial charge is 0.380 e. The van der Waals surface area contributed by atoms with Crippen LogP contribution in [0.5, 0.6) is 0 Å². The van der Waals surface area contributed by atoms with Gasteiger partial charge in [0, 0.05) is 5.70 Å². The molecule has 1 nitrogen and oxygen atoms in total. The third-order valence-corrected chi connectivity index (χ3v) is 2.62. The minimum absolute atomic E-state index is 0.590. The fourth-order valence-electron chi connectivity index (χ4n) is 0.991. The first-order valence-electron chi connectivity index (χ1n) is 3.49. The van der Waals surface area contributed by atoms with Gasteiger partial charge in [0.1, 0.15) is 0 Å². The van der Waals surface area contributed by atoms with Gasteiger partial charge in [0.15, 0.2) is 10.4 Å². The van der Waals surface area contributed by atoms with Crippen molar-refractivity contribution in [3.05, 3.63) is 23.5 Å². The summed E-state index contributed by atoms with van der Waals surface area (Å²) in [4.78, 5) is 0. The molecule has 0 aromatic rings. The van der Waals surface area contributed by atoms with E-state index in [1.54, 1.807) is 0 Å². The van der Waals surface area contributed by atoms with Gasteiger partial charge in [-0.2, -0.15) is 0 Å². The minimum Gasteiger partial charge on any atom is -0.380 e. The summed E-state index contributed by atoms with van der Waals surface area (Å²) >= 11 is 0. The van der Waals surface area contributed by atoms with E-state index in [-0.39, 0.29) is 0 Å². The van der Waals surface area contributed by atoms with Gasteiger partial charge in [-0.3, -0.25) is 0 Å². The maximum Gasteiger partial charge on any atom is 0.194 e. The lowest BCUT2D eigenvalue weighted by molar-refractivity contribution is 0.654. The van der Waals surface area contributed by atoms with Crippen LogP contribution >= 0.6 is 0 Å². The molecule has 1 aliphatic rings. The first-order chi connectivity index (χ1) is 4.63. The molecular formula is C8H12NSi. The van der Waals surface area contributed by atoms with E-state index in [2.05, 4.69) is 37.3 Å². The van der Waals surface area contributed by atoms with Crippen LogP contribution in [0.15, 0.2) is 23.5 Å². The Morgan fingerprint density at radius 1 is 1.50 bits per heavy atom. The van der Waals surface area contributed by atoms with Crippen LogP contribution in [0.1, 0.15) is 20.8 Å². The second-order valence-electron chi connectivity index (χ2n) is 2.77. The van der Waals surface area contributed by atoms with E-state index in [9.17, 15) is 0 Å². The summed E-state index contributed by atoms with van der Waals surface area (Å²) in [5.74, 6) is 0.590. The summed E-state index contributed by atoms with van der Waals surface area (Å²) in [5.41, 5.74) is 2.73. The summed E-state index contributed by atoms with van der Waals surface area (Å²) in [6.45, 7) is 6.48. The van der Waals surface area contributed by atoms with Crippen molar-refractivity contribution < 1.29 is 0 Å². The normalized spacial score (nSPS) is 26.0. The van der Waals surface area contributed by atoms with E-state index >= 15 is 0 Å². The van der Waals surface area contributed by atoms with Crippen molar-refractivity contribution in [2.75, 3.05) is 0 Å². The Morgan fingerprint density at radius 2 is 2.10 bits per heavy atom. The van der Waals surface area contributed by atoms with E-state index < -0.39 is 0 Å². The Balaban J connectivity index is 2.88. The van der Waals surface area contributed by atoms with Gasteiger partial charge in [-0.25, -0.2) is 0 Å². The average Bonchev–Trinajstić information content (AvgIpc) is 1.93. The van der Waals surface area contributed by atoms with Crippen molar-refractivity contribution in [3.8, 4) is 0 Å². The Kier molecular flexibility index (Phi) is 1.99. The number of rotatable bonds is 0. The lowest BCUT2D eigenvalue weighted by Gasteiger charge is -2.25. The summed E-state index contributed by atoms with van der Waals surface area (Å²) in [7, 11) is 3.46. The molecule has 0 aromatic carbocycles. The van der Waals surface area contributed by atoms with Crippen molar-refractivity contribution in [2.45, 2.75) is 20.8 Å². The standard InChI is InChI=1S/C8H12NSi/c1-6-4-5-9(10)8(3)7(6)2/h4-6H,1-3H3. The third kappa shape index (κ3) is 1.16. The number of nitrogens with zero attached hydrogens (tertiary/aromatic N) is 1. The molecule has 10 heavy (non-hydrogen) atoms. The molecule has 1 heterocycles. The van der Waals surface area contributed by atoms with E-state index in [1.807, 2.05) is 10.8 Å². The van der Waals surface area contributed by atoms with Crippen LogP contribution in [0.2, 0.25) is 0 Å². The molecule has 53 valence electrons. The monoisotopic (exact) mass is 150 g/mol. The molecule has 0 aromatic heterocycles. The fourth-order valence-corrected chi connectivity index (χ4v) is 1.25. The summed E-state index contributed by atoms with van der Waals surface area (Å²) in [6.07, 6.45) is 4.22. The maximum atomic E-state index is 3.46.